The number of amides is 1. The first-order chi connectivity index (χ1) is 7.49. The van der Waals surface area contributed by atoms with Gasteiger partial charge in [-0.25, -0.2) is 4.98 Å². The minimum atomic E-state index is -0.963. The number of rotatable bonds is 5. The highest BCUT2D eigenvalue weighted by atomic mass is 16.4. The number of hydrogen-bond acceptors (Lipinski definition) is 4. The second-order valence-corrected chi connectivity index (χ2v) is 3.74. The maximum Gasteiger partial charge on any atom is 0.311 e. The van der Waals surface area contributed by atoms with Crippen LogP contribution >= 0.6 is 0 Å². The lowest BCUT2D eigenvalue weighted by molar-refractivity contribution is -0.147. The van der Waals surface area contributed by atoms with Crippen LogP contribution in [0.5, 0.6) is 0 Å². The third kappa shape index (κ3) is 2.56. The SMILES string of the molecule is CCC(C)(CNC(=O)c1ncn[nH]1)C(=O)O. The molecule has 0 aliphatic rings. The third-order valence-corrected chi connectivity index (χ3v) is 2.57. The van der Waals surface area contributed by atoms with Crippen molar-refractivity contribution in [3.05, 3.63) is 12.2 Å². The topological polar surface area (TPSA) is 108 Å². The Hall–Kier alpha value is -1.92. The summed E-state index contributed by atoms with van der Waals surface area (Å²) in [6.07, 6.45) is 1.64. The van der Waals surface area contributed by atoms with Crippen LogP contribution in [0.3, 0.4) is 0 Å². The number of aromatic amines is 1. The van der Waals surface area contributed by atoms with E-state index in [1.54, 1.807) is 13.8 Å². The first-order valence-electron chi connectivity index (χ1n) is 4.86. The van der Waals surface area contributed by atoms with Crippen molar-refractivity contribution in [2.75, 3.05) is 6.54 Å². The van der Waals surface area contributed by atoms with Crippen LogP contribution in [-0.2, 0) is 4.79 Å². The monoisotopic (exact) mass is 226 g/mol. The summed E-state index contributed by atoms with van der Waals surface area (Å²) in [5.74, 6) is -1.32. The molecule has 0 saturated heterocycles. The molecule has 0 aliphatic carbocycles. The number of carboxylic acids is 1. The van der Waals surface area contributed by atoms with Crippen LogP contribution in [0.25, 0.3) is 0 Å². The molecule has 0 aromatic carbocycles. The molecule has 0 radical (unpaired) electrons. The molecule has 1 aromatic rings. The van der Waals surface area contributed by atoms with Crippen LogP contribution in [0.15, 0.2) is 6.33 Å². The zero-order valence-corrected chi connectivity index (χ0v) is 9.15. The van der Waals surface area contributed by atoms with E-state index in [-0.39, 0.29) is 12.4 Å². The molecule has 0 saturated carbocycles. The largest absolute Gasteiger partial charge is 0.481 e. The molecule has 0 fully saturated rings. The Bertz CT molecular complexity index is 376. The van der Waals surface area contributed by atoms with E-state index < -0.39 is 17.3 Å². The van der Waals surface area contributed by atoms with Crippen LogP contribution in [0.1, 0.15) is 30.9 Å². The van der Waals surface area contributed by atoms with Gasteiger partial charge in [-0.3, -0.25) is 14.7 Å². The maximum absolute atomic E-state index is 11.5. The summed E-state index contributed by atoms with van der Waals surface area (Å²) in [5.41, 5.74) is -0.963. The Morgan fingerprint density at radius 3 is 2.75 bits per heavy atom. The number of carbonyl (C=O) groups is 2. The van der Waals surface area contributed by atoms with Gasteiger partial charge in [0.2, 0.25) is 5.82 Å². The second-order valence-electron chi connectivity index (χ2n) is 3.74. The molecule has 16 heavy (non-hydrogen) atoms. The molecule has 7 heteroatoms. The second kappa shape index (κ2) is 4.73. The van der Waals surface area contributed by atoms with Crippen molar-refractivity contribution in [2.24, 2.45) is 5.41 Å². The molecule has 1 heterocycles. The molecule has 7 nitrogen and oxygen atoms in total. The van der Waals surface area contributed by atoms with E-state index >= 15 is 0 Å². The predicted molar refractivity (Wildman–Crippen MR) is 54.7 cm³/mol. The van der Waals surface area contributed by atoms with Crippen molar-refractivity contribution in [1.29, 1.82) is 0 Å². The molecule has 0 bridgehead atoms. The van der Waals surface area contributed by atoms with Gasteiger partial charge in [0, 0.05) is 6.54 Å². The summed E-state index contributed by atoms with van der Waals surface area (Å²) in [4.78, 5) is 26.1. The Labute approximate surface area is 92.3 Å². The molecule has 0 aliphatic heterocycles. The quantitative estimate of drug-likeness (QED) is 0.656. The maximum atomic E-state index is 11.5. The minimum Gasteiger partial charge on any atom is -0.481 e. The van der Waals surface area contributed by atoms with E-state index in [1.807, 2.05) is 0 Å². The number of nitrogens with zero attached hydrogens (tertiary/aromatic N) is 2. The van der Waals surface area contributed by atoms with Gasteiger partial charge in [-0.2, -0.15) is 5.10 Å². The summed E-state index contributed by atoms with van der Waals surface area (Å²) in [7, 11) is 0. The standard InChI is InChI=1S/C9H14N4O3/c1-3-9(2,8(15)16)4-10-7(14)6-11-5-12-13-6/h5H,3-4H2,1-2H3,(H,10,14)(H,15,16)(H,11,12,13). The molecule has 1 aromatic heterocycles. The number of aromatic nitrogens is 3. The molecule has 0 spiro atoms. The van der Waals surface area contributed by atoms with Gasteiger partial charge >= 0.3 is 5.97 Å². The van der Waals surface area contributed by atoms with Gasteiger partial charge in [0.15, 0.2) is 0 Å². The van der Waals surface area contributed by atoms with Gasteiger partial charge < -0.3 is 10.4 Å². The average Bonchev–Trinajstić information content (AvgIpc) is 2.78. The fourth-order valence-electron chi connectivity index (χ4n) is 1.03. The van der Waals surface area contributed by atoms with E-state index in [0.717, 1.165) is 0 Å². The number of carbonyl (C=O) groups excluding carboxylic acids is 1. The third-order valence-electron chi connectivity index (χ3n) is 2.57. The van der Waals surface area contributed by atoms with Gasteiger partial charge in [0.1, 0.15) is 6.33 Å². The smallest absolute Gasteiger partial charge is 0.311 e. The van der Waals surface area contributed by atoms with Crippen molar-refractivity contribution in [2.45, 2.75) is 20.3 Å². The Morgan fingerprint density at radius 1 is 1.62 bits per heavy atom. The van der Waals surface area contributed by atoms with E-state index in [0.29, 0.717) is 6.42 Å². The van der Waals surface area contributed by atoms with E-state index in [1.165, 1.54) is 6.33 Å². The van der Waals surface area contributed by atoms with Gasteiger partial charge in [-0.1, -0.05) is 6.92 Å². The number of aliphatic carboxylic acids is 1. The van der Waals surface area contributed by atoms with Crippen LogP contribution in [-0.4, -0.2) is 38.7 Å². The highest BCUT2D eigenvalue weighted by Gasteiger charge is 2.31. The van der Waals surface area contributed by atoms with Gasteiger partial charge in [0.05, 0.1) is 5.41 Å². The summed E-state index contributed by atoms with van der Waals surface area (Å²) in [6.45, 7) is 3.39. The molecular weight excluding hydrogens is 212 g/mol. The Kier molecular flexibility index (Phi) is 3.60. The van der Waals surface area contributed by atoms with Crippen LogP contribution < -0.4 is 5.32 Å². The van der Waals surface area contributed by atoms with Crippen LogP contribution in [0.4, 0.5) is 0 Å². The molecule has 1 rings (SSSR count). The molecule has 1 amide bonds. The zero-order chi connectivity index (χ0) is 12.2. The first-order valence-corrected chi connectivity index (χ1v) is 4.86. The first kappa shape index (κ1) is 12.2. The lowest BCUT2D eigenvalue weighted by atomic mass is 9.88. The van der Waals surface area contributed by atoms with Gasteiger partial charge in [0.25, 0.3) is 5.91 Å². The fraction of sp³-hybridized carbons (Fsp3) is 0.556. The lowest BCUT2D eigenvalue weighted by Gasteiger charge is -2.22. The Balaban J connectivity index is 2.57. The van der Waals surface area contributed by atoms with Crippen molar-refractivity contribution in [3.63, 3.8) is 0 Å². The van der Waals surface area contributed by atoms with Crippen LogP contribution in [0.2, 0.25) is 0 Å². The van der Waals surface area contributed by atoms with Crippen molar-refractivity contribution in [3.8, 4) is 0 Å². The summed E-state index contributed by atoms with van der Waals surface area (Å²) in [6, 6.07) is 0. The number of nitrogens with one attached hydrogen (secondary N) is 2. The Morgan fingerprint density at radius 2 is 2.31 bits per heavy atom. The molecule has 1 atom stereocenters. The molecule has 88 valence electrons. The van der Waals surface area contributed by atoms with Crippen molar-refractivity contribution < 1.29 is 14.7 Å². The summed E-state index contributed by atoms with van der Waals surface area (Å²) in [5, 5.41) is 17.4. The zero-order valence-electron chi connectivity index (χ0n) is 9.15. The molecule has 3 N–H and O–H groups in total. The number of H-pyrrole nitrogens is 1. The molecular formula is C9H14N4O3. The van der Waals surface area contributed by atoms with Crippen molar-refractivity contribution >= 4 is 11.9 Å². The van der Waals surface area contributed by atoms with E-state index in [4.69, 9.17) is 5.11 Å². The number of hydrogen-bond donors (Lipinski definition) is 3. The summed E-state index contributed by atoms with van der Waals surface area (Å²) >= 11 is 0. The van der Waals surface area contributed by atoms with Gasteiger partial charge in [-0.05, 0) is 13.3 Å². The predicted octanol–water partition coefficient (Wildman–Crippen LogP) is 0.0354. The van der Waals surface area contributed by atoms with Crippen LogP contribution in [0, 0.1) is 5.41 Å². The van der Waals surface area contributed by atoms with E-state index in [2.05, 4.69) is 20.5 Å². The summed E-state index contributed by atoms with van der Waals surface area (Å²) < 4.78 is 0. The minimum absolute atomic E-state index is 0.0539. The average molecular weight is 226 g/mol. The highest BCUT2D eigenvalue weighted by Crippen LogP contribution is 2.19. The van der Waals surface area contributed by atoms with E-state index in [9.17, 15) is 9.59 Å². The number of carboxylic acid groups (broad SMARTS) is 1. The highest BCUT2D eigenvalue weighted by molar-refractivity contribution is 5.90. The normalized spacial score (nSPS) is 14.1. The van der Waals surface area contributed by atoms with Crippen molar-refractivity contribution in [1.82, 2.24) is 20.5 Å². The van der Waals surface area contributed by atoms with Gasteiger partial charge in [-0.15, -0.1) is 0 Å². The molecule has 1 unspecified atom stereocenters. The lowest BCUT2D eigenvalue weighted by Crippen LogP contribution is -2.40. The fourth-order valence-corrected chi connectivity index (χ4v) is 1.03.